The Morgan fingerprint density at radius 1 is 1.56 bits per heavy atom. The Hall–Kier alpha value is -1.62. The van der Waals surface area contributed by atoms with Gasteiger partial charge in [0.15, 0.2) is 11.6 Å². The largest absolute Gasteiger partial charge is 0.494 e. The quantitative estimate of drug-likeness (QED) is 0.802. The number of hydrogen-bond donors (Lipinski definition) is 2. The number of nitrogens with one attached hydrogen (secondary N) is 1. The molecule has 1 aromatic carbocycles. The molecule has 0 fully saturated rings. The van der Waals surface area contributed by atoms with Crippen molar-refractivity contribution in [2.24, 2.45) is 0 Å². The van der Waals surface area contributed by atoms with E-state index in [9.17, 15) is 9.18 Å². The molecule has 0 heterocycles. The second-order valence-corrected chi connectivity index (χ2v) is 3.22. The highest BCUT2D eigenvalue weighted by Crippen LogP contribution is 2.20. The van der Waals surface area contributed by atoms with Crippen molar-refractivity contribution in [3.05, 3.63) is 24.0 Å². The highest BCUT2D eigenvalue weighted by atomic mass is 19.1. The first-order chi connectivity index (χ1) is 7.67. The molecule has 88 valence electrons. The number of carbonyl (C=O) groups is 1. The molecule has 0 aliphatic rings. The standard InChI is InChI=1S/C11H14FNO3/c1-16-10-5-4-8(7-9(10)12)13-11(15)3-2-6-14/h4-5,7,14H,2-3,6H2,1H3,(H,13,15). The van der Waals surface area contributed by atoms with Crippen molar-refractivity contribution in [3.8, 4) is 5.75 Å². The molecule has 0 spiro atoms. The number of hydrogen-bond acceptors (Lipinski definition) is 3. The van der Waals surface area contributed by atoms with Crippen LogP contribution in [0.25, 0.3) is 0 Å². The maximum absolute atomic E-state index is 13.2. The fourth-order valence-electron chi connectivity index (χ4n) is 1.21. The highest BCUT2D eigenvalue weighted by molar-refractivity contribution is 5.90. The Balaban J connectivity index is 2.61. The molecule has 0 saturated carbocycles. The molecule has 5 heteroatoms. The van der Waals surface area contributed by atoms with Gasteiger partial charge in [0.2, 0.25) is 5.91 Å². The molecule has 0 unspecified atom stereocenters. The third kappa shape index (κ3) is 3.51. The zero-order valence-corrected chi connectivity index (χ0v) is 9.00. The third-order valence-electron chi connectivity index (χ3n) is 2.00. The number of aliphatic hydroxyl groups excluding tert-OH is 1. The van der Waals surface area contributed by atoms with E-state index >= 15 is 0 Å². The fourth-order valence-corrected chi connectivity index (χ4v) is 1.21. The predicted octanol–water partition coefficient (Wildman–Crippen LogP) is 1.55. The van der Waals surface area contributed by atoms with E-state index < -0.39 is 5.82 Å². The van der Waals surface area contributed by atoms with Gasteiger partial charge >= 0.3 is 0 Å². The van der Waals surface area contributed by atoms with Crippen molar-refractivity contribution in [1.29, 1.82) is 0 Å². The summed E-state index contributed by atoms with van der Waals surface area (Å²) in [4.78, 5) is 11.3. The van der Waals surface area contributed by atoms with Gasteiger partial charge in [0.1, 0.15) is 0 Å². The second-order valence-electron chi connectivity index (χ2n) is 3.22. The second kappa shape index (κ2) is 6.07. The van der Waals surface area contributed by atoms with Gasteiger partial charge in [-0.2, -0.15) is 0 Å². The molecule has 1 rings (SSSR count). The number of amides is 1. The third-order valence-corrected chi connectivity index (χ3v) is 2.00. The normalized spacial score (nSPS) is 9.94. The molecule has 2 N–H and O–H groups in total. The number of carbonyl (C=O) groups excluding carboxylic acids is 1. The zero-order valence-electron chi connectivity index (χ0n) is 9.00. The van der Waals surface area contributed by atoms with Crippen LogP contribution in [-0.2, 0) is 4.79 Å². The first kappa shape index (κ1) is 12.4. The number of anilines is 1. The van der Waals surface area contributed by atoms with E-state index in [4.69, 9.17) is 9.84 Å². The summed E-state index contributed by atoms with van der Waals surface area (Å²) in [5.74, 6) is -0.644. The van der Waals surface area contributed by atoms with Crippen molar-refractivity contribution in [2.45, 2.75) is 12.8 Å². The highest BCUT2D eigenvalue weighted by Gasteiger charge is 2.06. The van der Waals surface area contributed by atoms with Crippen LogP contribution in [0.15, 0.2) is 18.2 Å². The van der Waals surface area contributed by atoms with Crippen LogP contribution in [0.3, 0.4) is 0 Å². The Morgan fingerprint density at radius 3 is 2.88 bits per heavy atom. The van der Waals surface area contributed by atoms with Crippen molar-refractivity contribution in [3.63, 3.8) is 0 Å². The molecular formula is C11H14FNO3. The van der Waals surface area contributed by atoms with E-state index in [0.717, 1.165) is 0 Å². The molecule has 0 aliphatic carbocycles. The van der Waals surface area contributed by atoms with Crippen LogP contribution in [-0.4, -0.2) is 24.7 Å². The Labute approximate surface area is 93.0 Å². The summed E-state index contributed by atoms with van der Waals surface area (Å²) in [6.07, 6.45) is 0.606. The number of rotatable bonds is 5. The minimum absolute atomic E-state index is 0.0373. The van der Waals surface area contributed by atoms with Gasteiger partial charge in [-0.15, -0.1) is 0 Å². The first-order valence-electron chi connectivity index (χ1n) is 4.91. The summed E-state index contributed by atoms with van der Waals surface area (Å²) < 4.78 is 18.0. The van der Waals surface area contributed by atoms with Crippen LogP contribution in [0, 0.1) is 5.82 Å². The topological polar surface area (TPSA) is 58.6 Å². The molecular weight excluding hydrogens is 213 g/mol. The molecule has 16 heavy (non-hydrogen) atoms. The zero-order chi connectivity index (χ0) is 12.0. The Morgan fingerprint density at radius 2 is 2.31 bits per heavy atom. The maximum atomic E-state index is 13.2. The maximum Gasteiger partial charge on any atom is 0.224 e. The summed E-state index contributed by atoms with van der Waals surface area (Å²) in [6.45, 7) is -0.0373. The van der Waals surface area contributed by atoms with E-state index in [2.05, 4.69) is 5.32 Å². The number of benzene rings is 1. The van der Waals surface area contributed by atoms with Gasteiger partial charge < -0.3 is 15.2 Å². The van der Waals surface area contributed by atoms with Gasteiger partial charge in [-0.1, -0.05) is 0 Å². The molecule has 0 atom stereocenters. The van der Waals surface area contributed by atoms with Gasteiger partial charge in [0, 0.05) is 24.8 Å². The van der Waals surface area contributed by atoms with Gasteiger partial charge in [0.05, 0.1) is 7.11 Å². The minimum atomic E-state index is -0.526. The molecule has 1 aromatic rings. The van der Waals surface area contributed by atoms with E-state index in [1.165, 1.54) is 19.2 Å². The summed E-state index contributed by atoms with van der Waals surface area (Å²) in [7, 11) is 1.37. The van der Waals surface area contributed by atoms with Crippen LogP contribution in [0.1, 0.15) is 12.8 Å². The van der Waals surface area contributed by atoms with Crippen LogP contribution >= 0.6 is 0 Å². The number of halogens is 1. The Kier molecular flexibility index (Phi) is 4.72. The lowest BCUT2D eigenvalue weighted by atomic mass is 10.2. The molecule has 0 saturated heterocycles. The predicted molar refractivity (Wildman–Crippen MR) is 57.9 cm³/mol. The van der Waals surface area contributed by atoms with Crippen LogP contribution in [0.2, 0.25) is 0 Å². The van der Waals surface area contributed by atoms with Crippen LogP contribution in [0.4, 0.5) is 10.1 Å². The smallest absolute Gasteiger partial charge is 0.224 e. The summed E-state index contributed by atoms with van der Waals surface area (Å²) in [6, 6.07) is 4.19. The van der Waals surface area contributed by atoms with Gasteiger partial charge in [-0.3, -0.25) is 4.79 Å². The van der Waals surface area contributed by atoms with E-state index in [-0.39, 0.29) is 24.7 Å². The van der Waals surface area contributed by atoms with E-state index in [0.29, 0.717) is 12.1 Å². The summed E-state index contributed by atoms with van der Waals surface area (Å²) in [5, 5.41) is 11.1. The van der Waals surface area contributed by atoms with Crippen molar-refractivity contribution in [1.82, 2.24) is 0 Å². The van der Waals surface area contributed by atoms with Gasteiger partial charge in [-0.05, 0) is 18.6 Å². The Bertz CT molecular complexity index is 368. The molecule has 0 aliphatic heterocycles. The van der Waals surface area contributed by atoms with E-state index in [1.807, 2.05) is 0 Å². The number of ether oxygens (including phenoxy) is 1. The number of methoxy groups -OCH3 is 1. The fraction of sp³-hybridized carbons (Fsp3) is 0.364. The lowest BCUT2D eigenvalue weighted by Crippen LogP contribution is -2.11. The van der Waals surface area contributed by atoms with Crippen molar-refractivity contribution < 1.29 is 19.0 Å². The van der Waals surface area contributed by atoms with Crippen molar-refractivity contribution >= 4 is 11.6 Å². The summed E-state index contributed by atoms with van der Waals surface area (Å²) in [5.41, 5.74) is 0.376. The minimum Gasteiger partial charge on any atom is -0.494 e. The first-order valence-corrected chi connectivity index (χ1v) is 4.91. The lowest BCUT2D eigenvalue weighted by Gasteiger charge is -2.06. The molecule has 4 nitrogen and oxygen atoms in total. The van der Waals surface area contributed by atoms with Gasteiger partial charge in [-0.25, -0.2) is 4.39 Å². The van der Waals surface area contributed by atoms with Crippen LogP contribution < -0.4 is 10.1 Å². The number of aliphatic hydroxyl groups is 1. The van der Waals surface area contributed by atoms with Crippen LogP contribution in [0.5, 0.6) is 5.75 Å². The van der Waals surface area contributed by atoms with Gasteiger partial charge in [0.25, 0.3) is 0 Å². The SMILES string of the molecule is COc1ccc(NC(=O)CCCO)cc1F. The average molecular weight is 227 g/mol. The lowest BCUT2D eigenvalue weighted by molar-refractivity contribution is -0.116. The average Bonchev–Trinajstić information content (AvgIpc) is 2.26. The monoisotopic (exact) mass is 227 g/mol. The molecule has 0 bridgehead atoms. The summed E-state index contributed by atoms with van der Waals surface area (Å²) >= 11 is 0. The molecule has 0 aromatic heterocycles. The molecule has 1 amide bonds. The molecule has 0 radical (unpaired) electrons. The van der Waals surface area contributed by atoms with Crippen molar-refractivity contribution in [2.75, 3.05) is 19.0 Å². The van der Waals surface area contributed by atoms with E-state index in [1.54, 1.807) is 6.07 Å².